The third kappa shape index (κ3) is 3.85. The molecule has 0 heterocycles. The van der Waals surface area contributed by atoms with Crippen LogP contribution in [0.4, 0.5) is 0 Å². The molecule has 0 saturated carbocycles. The van der Waals surface area contributed by atoms with Crippen molar-refractivity contribution in [3.8, 4) is 0 Å². The van der Waals surface area contributed by atoms with Crippen LogP contribution in [0.3, 0.4) is 0 Å². The Kier molecular flexibility index (Phi) is 5.64. The third-order valence-corrected chi connectivity index (χ3v) is 1.87. The summed E-state index contributed by atoms with van der Waals surface area (Å²) in [6.45, 7) is 4.09. The molecule has 0 aromatic heterocycles. The van der Waals surface area contributed by atoms with Gasteiger partial charge in [0.05, 0.1) is 0 Å². The molecule has 0 aliphatic carbocycles. The number of unbranched alkanes of at least 4 members (excludes halogenated alkanes) is 1. The van der Waals surface area contributed by atoms with Crippen LogP contribution in [0.15, 0.2) is 0 Å². The lowest BCUT2D eigenvalue weighted by molar-refractivity contribution is -0.0871. The zero-order chi connectivity index (χ0) is 7.98. The molecule has 0 fully saturated rings. The van der Waals surface area contributed by atoms with E-state index in [-0.39, 0.29) is 5.92 Å². The molecule has 2 heteroatoms. The number of aliphatic hydroxyl groups excluding tert-OH is 1. The van der Waals surface area contributed by atoms with Crippen molar-refractivity contribution in [2.75, 3.05) is 0 Å². The van der Waals surface area contributed by atoms with Gasteiger partial charge in [-0.3, -0.25) is 0 Å². The summed E-state index contributed by atoms with van der Waals surface area (Å²) in [5.74, 6) is 0.0833. The largest absolute Gasteiger partial charge is 0.368 e. The molecule has 0 unspecified atom stereocenters. The summed E-state index contributed by atoms with van der Waals surface area (Å²) in [6.07, 6.45) is 2.90. The highest BCUT2D eigenvalue weighted by Crippen LogP contribution is 2.14. The lowest BCUT2D eigenvalue weighted by Crippen LogP contribution is -2.18. The summed E-state index contributed by atoms with van der Waals surface area (Å²) in [5, 5.41) is 17.6. The molecule has 2 N–H and O–H groups in total. The minimum atomic E-state index is -1.11. The summed E-state index contributed by atoms with van der Waals surface area (Å²) < 4.78 is 0. The molecule has 0 spiro atoms. The van der Waals surface area contributed by atoms with E-state index in [4.69, 9.17) is 10.2 Å². The lowest BCUT2D eigenvalue weighted by Gasteiger charge is -2.15. The van der Waals surface area contributed by atoms with Gasteiger partial charge in [-0.15, -0.1) is 0 Å². The monoisotopic (exact) mass is 146 g/mol. The van der Waals surface area contributed by atoms with Crippen LogP contribution in [0.1, 0.15) is 39.5 Å². The number of hydrogen-bond donors (Lipinski definition) is 2. The molecule has 0 aromatic carbocycles. The van der Waals surface area contributed by atoms with Gasteiger partial charge < -0.3 is 10.2 Å². The van der Waals surface area contributed by atoms with Crippen LogP contribution >= 0.6 is 0 Å². The fraction of sp³-hybridized carbons (Fsp3) is 1.00. The second-order valence-electron chi connectivity index (χ2n) is 2.72. The highest BCUT2D eigenvalue weighted by Gasteiger charge is 2.12. The third-order valence-electron chi connectivity index (χ3n) is 1.87. The van der Waals surface area contributed by atoms with E-state index < -0.39 is 6.29 Å². The Morgan fingerprint density at radius 1 is 1.20 bits per heavy atom. The normalized spacial score (nSPS) is 14.1. The van der Waals surface area contributed by atoms with Crippen LogP contribution in [0.5, 0.6) is 0 Å². The van der Waals surface area contributed by atoms with E-state index in [1.54, 1.807) is 0 Å². The molecular weight excluding hydrogens is 128 g/mol. The molecule has 0 radical (unpaired) electrons. The quantitative estimate of drug-likeness (QED) is 0.577. The average Bonchev–Trinajstić information content (AvgIpc) is 1.89. The van der Waals surface area contributed by atoms with E-state index in [1.165, 1.54) is 0 Å². The van der Waals surface area contributed by atoms with Crippen molar-refractivity contribution in [3.05, 3.63) is 0 Å². The van der Waals surface area contributed by atoms with E-state index in [0.29, 0.717) is 0 Å². The molecule has 2 nitrogen and oxygen atoms in total. The number of aliphatic hydroxyl groups is 2. The van der Waals surface area contributed by atoms with Crippen LogP contribution in [0.2, 0.25) is 0 Å². The summed E-state index contributed by atoms with van der Waals surface area (Å²) in [6, 6.07) is 0. The van der Waals surface area contributed by atoms with Crippen LogP contribution in [-0.4, -0.2) is 16.5 Å². The lowest BCUT2D eigenvalue weighted by atomic mass is 9.99. The molecule has 10 heavy (non-hydrogen) atoms. The Morgan fingerprint density at radius 2 is 1.80 bits per heavy atom. The predicted octanol–water partition coefficient (Wildman–Crippen LogP) is 1.51. The van der Waals surface area contributed by atoms with Crippen molar-refractivity contribution >= 4 is 0 Å². The first-order valence-corrected chi connectivity index (χ1v) is 4.08. The van der Waals surface area contributed by atoms with Gasteiger partial charge in [0.15, 0.2) is 6.29 Å². The smallest absolute Gasteiger partial charge is 0.154 e. The average molecular weight is 146 g/mol. The molecule has 0 aliphatic rings. The van der Waals surface area contributed by atoms with Gasteiger partial charge in [0.1, 0.15) is 0 Å². The Morgan fingerprint density at radius 3 is 2.10 bits per heavy atom. The summed E-state index contributed by atoms with van der Waals surface area (Å²) >= 11 is 0. The summed E-state index contributed by atoms with van der Waals surface area (Å²) in [5.41, 5.74) is 0. The van der Waals surface area contributed by atoms with Gasteiger partial charge in [0, 0.05) is 5.92 Å². The minimum absolute atomic E-state index is 0.0833. The Labute approximate surface area is 62.9 Å². The van der Waals surface area contributed by atoms with E-state index in [1.807, 2.05) is 6.92 Å². The van der Waals surface area contributed by atoms with Gasteiger partial charge in [-0.05, 0) is 12.8 Å². The van der Waals surface area contributed by atoms with Gasteiger partial charge in [0.2, 0.25) is 0 Å². The number of hydrogen-bond acceptors (Lipinski definition) is 2. The molecule has 0 aliphatic heterocycles. The summed E-state index contributed by atoms with van der Waals surface area (Å²) in [7, 11) is 0. The highest BCUT2D eigenvalue weighted by molar-refractivity contribution is 4.57. The maximum absolute atomic E-state index is 8.79. The fourth-order valence-electron chi connectivity index (χ4n) is 1.03. The minimum Gasteiger partial charge on any atom is -0.368 e. The SMILES string of the molecule is CCCC[C@H](CC)C(O)O. The van der Waals surface area contributed by atoms with E-state index >= 15 is 0 Å². The van der Waals surface area contributed by atoms with Gasteiger partial charge in [-0.2, -0.15) is 0 Å². The van der Waals surface area contributed by atoms with Gasteiger partial charge in [-0.1, -0.05) is 26.7 Å². The topological polar surface area (TPSA) is 40.5 Å². The van der Waals surface area contributed by atoms with Crippen molar-refractivity contribution in [3.63, 3.8) is 0 Å². The second kappa shape index (κ2) is 5.69. The molecule has 0 bridgehead atoms. The van der Waals surface area contributed by atoms with Crippen LogP contribution in [0, 0.1) is 5.92 Å². The Balaban J connectivity index is 3.40. The number of rotatable bonds is 5. The molecular formula is C8H18O2. The molecule has 0 saturated heterocycles. The first kappa shape index (κ1) is 9.92. The van der Waals surface area contributed by atoms with Crippen molar-refractivity contribution < 1.29 is 10.2 Å². The molecule has 0 rings (SSSR count). The van der Waals surface area contributed by atoms with Crippen LogP contribution < -0.4 is 0 Å². The molecule has 0 aromatic rings. The maximum Gasteiger partial charge on any atom is 0.154 e. The molecule has 0 amide bonds. The van der Waals surface area contributed by atoms with Crippen LogP contribution in [-0.2, 0) is 0 Å². The first-order valence-electron chi connectivity index (χ1n) is 4.08. The van der Waals surface area contributed by atoms with E-state index in [9.17, 15) is 0 Å². The molecule has 1 atom stereocenters. The van der Waals surface area contributed by atoms with E-state index in [0.717, 1.165) is 25.7 Å². The zero-order valence-corrected chi connectivity index (χ0v) is 6.88. The Hall–Kier alpha value is -0.0800. The second-order valence-corrected chi connectivity index (χ2v) is 2.72. The summed E-state index contributed by atoms with van der Waals surface area (Å²) in [4.78, 5) is 0. The Bertz CT molecular complexity index is 71.7. The van der Waals surface area contributed by atoms with Crippen molar-refractivity contribution in [2.45, 2.75) is 45.8 Å². The van der Waals surface area contributed by atoms with Crippen molar-refractivity contribution in [2.24, 2.45) is 5.92 Å². The van der Waals surface area contributed by atoms with Crippen LogP contribution in [0.25, 0.3) is 0 Å². The molecule has 62 valence electrons. The fourth-order valence-corrected chi connectivity index (χ4v) is 1.03. The van der Waals surface area contributed by atoms with Crippen molar-refractivity contribution in [1.29, 1.82) is 0 Å². The predicted molar refractivity (Wildman–Crippen MR) is 41.5 cm³/mol. The standard InChI is InChI=1S/C8H18O2/c1-3-5-6-7(4-2)8(9)10/h7-10H,3-6H2,1-2H3/t7-/m0/s1. The van der Waals surface area contributed by atoms with E-state index in [2.05, 4.69) is 6.92 Å². The van der Waals surface area contributed by atoms with Gasteiger partial charge >= 0.3 is 0 Å². The first-order chi connectivity index (χ1) is 4.72. The zero-order valence-electron chi connectivity index (χ0n) is 6.88. The van der Waals surface area contributed by atoms with Crippen molar-refractivity contribution in [1.82, 2.24) is 0 Å². The van der Waals surface area contributed by atoms with Gasteiger partial charge in [0.25, 0.3) is 0 Å². The highest BCUT2D eigenvalue weighted by atomic mass is 16.5. The maximum atomic E-state index is 8.79. The van der Waals surface area contributed by atoms with Gasteiger partial charge in [-0.25, -0.2) is 0 Å².